The summed E-state index contributed by atoms with van der Waals surface area (Å²) in [5, 5.41) is 0. The van der Waals surface area contributed by atoms with Gasteiger partial charge in [-0.05, 0) is 11.1 Å². The fourth-order valence-corrected chi connectivity index (χ4v) is 11.3. The quantitative estimate of drug-likeness (QED) is 0.491. The summed E-state index contributed by atoms with van der Waals surface area (Å²) < 4.78 is 0. The molecule has 2 atom stereocenters. The first-order valence-corrected chi connectivity index (χ1v) is 13.3. The van der Waals surface area contributed by atoms with Gasteiger partial charge in [-0.25, -0.2) is 0 Å². The van der Waals surface area contributed by atoms with Crippen molar-refractivity contribution in [1.82, 2.24) is 0 Å². The number of halogens is 2. The van der Waals surface area contributed by atoms with Gasteiger partial charge in [-0.1, -0.05) is 45.5 Å². The number of hydrogen-bond acceptors (Lipinski definition) is 0. The first kappa shape index (κ1) is 12.1. The summed E-state index contributed by atoms with van der Waals surface area (Å²) in [5.74, 6) is 0. The maximum atomic E-state index is 6.54. The number of rotatable bonds is 2. The number of hydrogen-bond donors (Lipinski definition) is 0. The van der Waals surface area contributed by atoms with E-state index in [1.165, 1.54) is 19.3 Å². The average molecular weight is 255 g/mol. The molecule has 0 bridgehead atoms. The maximum Gasteiger partial charge on any atom is 0.153 e. The highest BCUT2D eigenvalue weighted by Gasteiger charge is 2.46. The molecule has 13 heavy (non-hydrogen) atoms. The van der Waals surface area contributed by atoms with E-state index in [4.69, 9.17) is 22.2 Å². The largest absolute Gasteiger partial charge is 0.167 e. The topological polar surface area (TPSA) is 0 Å². The summed E-state index contributed by atoms with van der Waals surface area (Å²) in [6.07, 6.45) is 4.01. The Bertz CT molecular complexity index is 161. The molecule has 1 aliphatic carbocycles. The molecular formula is C9H20Cl2Si2. The molecule has 0 saturated heterocycles. The molecule has 1 aliphatic rings. The van der Waals surface area contributed by atoms with Crippen molar-refractivity contribution in [3.63, 3.8) is 0 Å². The van der Waals surface area contributed by atoms with E-state index in [0.29, 0.717) is 0 Å². The van der Waals surface area contributed by atoms with Gasteiger partial charge in [0.15, 0.2) is 14.8 Å². The van der Waals surface area contributed by atoms with Gasteiger partial charge in [-0.3, -0.25) is 0 Å². The molecule has 1 fully saturated rings. The summed E-state index contributed by atoms with van der Waals surface area (Å²) in [4.78, 5) is 0. The Balaban J connectivity index is 2.76. The molecule has 2 unspecified atom stereocenters. The fourth-order valence-electron chi connectivity index (χ4n) is 2.60. The minimum Gasteiger partial charge on any atom is -0.167 e. The molecule has 0 aromatic carbocycles. The zero-order valence-electron chi connectivity index (χ0n) is 9.03. The minimum atomic E-state index is -1.47. The third-order valence-corrected chi connectivity index (χ3v) is 10.2. The lowest BCUT2D eigenvalue weighted by atomic mass is 10.3. The van der Waals surface area contributed by atoms with Crippen LogP contribution >= 0.6 is 22.2 Å². The van der Waals surface area contributed by atoms with E-state index in [1.807, 2.05) is 0 Å². The normalized spacial score (nSPS) is 30.9. The molecule has 1 saturated carbocycles. The Kier molecular flexibility index (Phi) is 3.60. The van der Waals surface area contributed by atoms with Gasteiger partial charge in [0.2, 0.25) is 0 Å². The second-order valence-electron chi connectivity index (χ2n) is 5.27. The van der Waals surface area contributed by atoms with Crippen molar-refractivity contribution in [3.05, 3.63) is 0 Å². The molecule has 0 N–H and O–H groups in total. The Hall–Kier alpha value is 1.01. The van der Waals surface area contributed by atoms with Crippen LogP contribution in [-0.4, -0.2) is 14.8 Å². The van der Waals surface area contributed by atoms with Gasteiger partial charge < -0.3 is 0 Å². The van der Waals surface area contributed by atoms with Crippen LogP contribution in [0.15, 0.2) is 0 Å². The maximum absolute atomic E-state index is 6.54. The molecule has 0 spiro atoms. The Morgan fingerprint density at radius 1 is 0.846 bits per heavy atom. The van der Waals surface area contributed by atoms with Crippen LogP contribution in [0.25, 0.3) is 0 Å². The van der Waals surface area contributed by atoms with Gasteiger partial charge in [-0.2, -0.15) is 22.2 Å². The van der Waals surface area contributed by atoms with Gasteiger partial charge in [0.25, 0.3) is 0 Å². The predicted octanol–water partition coefficient (Wildman–Crippen LogP) is 4.80. The molecule has 1 rings (SSSR count). The van der Waals surface area contributed by atoms with E-state index in [1.54, 1.807) is 0 Å². The molecule has 4 heteroatoms. The lowest BCUT2D eigenvalue weighted by molar-refractivity contribution is 0.825. The Labute approximate surface area is 93.4 Å². The van der Waals surface area contributed by atoms with Crippen LogP contribution in [0.1, 0.15) is 19.3 Å². The first-order chi connectivity index (χ1) is 5.73. The molecule has 0 aromatic heterocycles. The second-order valence-corrected chi connectivity index (χ2v) is 18.9. The van der Waals surface area contributed by atoms with E-state index in [-0.39, 0.29) is 0 Å². The van der Waals surface area contributed by atoms with Crippen LogP contribution in [-0.2, 0) is 0 Å². The molecular weight excluding hydrogens is 235 g/mol. The van der Waals surface area contributed by atoms with Crippen LogP contribution in [0.4, 0.5) is 0 Å². The zero-order valence-corrected chi connectivity index (χ0v) is 12.5. The molecule has 0 heterocycles. The molecule has 0 radical (unpaired) electrons. The lowest BCUT2D eigenvalue weighted by Gasteiger charge is -2.34. The standard InChI is InChI=1S/C9H20Cl2Si2/c1-12(2,10)8-6-5-7-9(8)13(3,4)11/h8-9H,5-7H2,1-4H3. The van der Waals surface area contributed by atoms with E-state index in [0.717, 1.165) is 11.1 Å². The smallest absolute Gasteiger partial charge is 0.153 e. The monoisotopic (exact) mass is 254 g/mol. The van der Waals surface area contributed by atoms with Gasteiger partial charge in [0.05, 0.1) is 0 Å². The Morgan fingerprint density at radius 2 is 1.15 bits per heavy atom. The van der Waals surface area contributed by atoms with E-state index < -0.39 is 14.8 Å². The van der Waals surface area contributed by atoms with Gasteiger partial charge in [0, 0.05) is 0 Å². The summed E-state index contributed by atoms with van der Waals surface area (Å²) in [5.41, 5.74) is 1.54. The molecule has 0 aromatic rings. The van der Waals surface area contributed by atoms with Crippen LogP contribution in [0.2, 0.25) is 37.3 Å². The minimum absolute atomic E-state index is 0.772. The van der Waals surface area contributed by atoms with Crippen molar-refractivity contribution in [2.45, 2.75) is 56.5 Å². The Morgan fingerprint density at radius 3 is 1.38 bits per heavy atom. The summed E-state index contributed by atoms with van der Waals surface area (Å²) in [6, 6.07) is 0. The second kappa shape index (κ2) is 3.88. The van der Waals surface area contributed by atoms with Gasteiger partial charge in [0.1, 0.15) is 0 Å². The van der Waals surface area contributed by atoms with Crippen molar-refractivity contribution in [1.29, 1.82) is 0 Å². The van der Waals surface area contributed by atoms with Gasteiger partial charge >= 0.3 is 0 Å². The van der Waals surface area contributed by atoms with Crippen LogP contribution < -0.4 is 0 Å². The summed E-state index contributed by atoms with van der Waals surface area (Å²) in [6.45, 7) is 9.09. The third kappa shape index (κ3) is 2.98. The highest BCUT2D eigenvalue weighted by atomic mass is 35.6. The molecule has 78 valence electrons. The summed E-state index contributed by atoms with van der Waals surface area (Å²) in [7, 11) is -2.95. The predicted molar refractivity (Wildman–Crippen MR) is 68.0 cm³/mol. The van der Waals surface area contributed by atoms with Crippen molar-refractivity contribution in [2.24, 2.45) is 0 Å². The summed E-state index contributed by atoms with van der Waals surface area (Å²) >= 11 is 13.1. The molecule has 0 nitrogen and oxygen atoms in total. The van der Waals surface area contributed by atoms with Crippen molar-refractivity contribution in [2.75, 3.05) is 0 Å². The highest BCUT2D eigenvalue weighted by Crippen LogP contribution is 2.54. The van der Waals surface area contributed by atoms with E-state index in [2.05, 4.69) is 26.2 Å². The van der Waals surface area contributed by atoms with E-state index in [9.17, 15) is 0 Å². The fraction of sp³-hybridized carbons (Fsp3) is 1.00. The van der Waals surface area contributed by atoms with E-state index >= 15 is 0 Å². The van der Waals surface area contributed by atoms with Crippen LogP contribution in [0.3, 0.4) is 0 Å². The molecule has 0 aliphatic heterocycles. The van der Waals surface area contributed by atoms with Crippen molar-refractivity contribution < 1.29 is 0 Å². The first-order valence-electron chi connectivity index (χ1n) is 5.11. The zero-order chi connectivity index (χ0) is 10.3. The van der Waals surface area contributed by atoms with Crippen molar-refractivity contribution in [3.8, 4) is 0 Å². The van der Waals surface area contributed by atoms with Crippen LogP contribution in [0, 0.1) is 0 Å². The lowest BCUT2D eigenvalue weighted by Crippen LogP contribution is -2.35. The van der Waals surface area contributed by atoms with Crippen LogP contribution in [0.5, 0.6) is 0 Å². The third-order valence-electron chi connectivity index (χ3n) is 3.28. The average Bonchev–Trinajstić information content (AvgIpc) is 2.27. The SMILES string of the molecule is C[Si](C)(Cl)C1CCCC1[Si](C)(C)Cl. The molecule has 0 amide bonds. The highest BCUT2D eigenvalue weighted by molar-refractivity contribution is 7.23. The van der Waals surface area contributed by atoms with Gasteiger partial charge in [-0.15, -0.1) is 0 Å². The van der Waals surface area contributed by atoms with Crippen molar-refractivity contribution >= 4 is 36.9 Å².